The maximum Gasteiger partial charge on any atom is 0.225 e. The number of aromatic nitrogens is 4. The monoisotopic (exact) mass is 400 g/mol. The SMILES string of the molecule is CCOc1ccc([C@@H]2CCC[NH+]2Cn2nnn(-c3cccc(F)c3)c2=S)cc1. The quantitative estimate of drug-likeness (QED) is 0.647. The van der Waals surface area contributed by atoms with Gasteiger partial charge in [-0.15, -0.1) is 0 Å². The maximum atomic E-state index is 13.5. The van der Waals surface area contributed by atoms with E-state index in [4.69, 9.17) is 17.0 Å². The smallest absolute Gasteiger partial charge is 0.225 e. The van der Waals surface area contributed by atoms with E-state index in [1.165, 1.54) is 27.3 Å². The van der Waals surface area contributed by atoms with Crippen LogP contribution in [0, 0.1) is 10.6 Å². The lowest BCUT2D eigenvalue weighted by molar-refractivity contribution is -0.941. The van der Waals surface area contributed by atoms with E-state index in [0.29, 0.717) is 29.8 Å². The van der Waals surface area contributed by atoms with Gasteiger partial charge in [0.2, 0.25) is 4.77 Å². The molecule has 1 fully saturated rings. The van der Waals surface area contributed by atoms with E-state index in [1.54, 1.807) is 16.8 Å². The minimum Gasteiger partial charge on any atom is -0.494 e. The molecule has 8 heteroatoms. The maximum absolute atomic E-state index is 13.5. The summed E-state index contributed by atoms with van der Waals surface area (Å²) in [7, 11) is 0. The van der Waals surface area contributed by atoms with Gasteiger partial charge in [-0.3, -0.25) is 0 Å². The highest BCUT2D eigenvalue weighted by Crippen LogP contribution is 2.22. The zero-order chi connectivity index (χ0) is 19.5. The van der Waals surface area contributed by atoms with E-state index in [1.807, 2.05) is 19.1 Å². The number of ether oxygens (including phenoxy) is 1. The molecular weight excluding hydrogens is 377 g/mol. The molecule has 0 bridgehead atoms. The number of benzene rings is 2. The van der Waals surface area contributed by atoms with Gasteiger partial charge in [-0.05, 0) is 72.0 Å². The largest absolute Gasteiger partial charge is 0.494 e. The predicted molar refractivity (Wildman–Crippen MR) is 106 cm³/mol. The zero-order valence-electron chi connectivity index (χ0n) is 15.7. The van der Waals surface area contributed by atoms with Gasteiger partial charge < -0.3 is 9.64 Å². The van der Waals surface area contributed by atoms with Gasteiger partial charge in [0.05, 0.1) is 18.8 Å². The van der Waals surface area contributed by atoms with Crippen LogP contribution in [0.1, 0.15) is 31.4 Å². The first-order valence-corrected chi connectivity index (χ1v) is 9.92. The molecule has 0 saturated carbocycles. The lowest BCUT2D eigenvalue weighted by Crippen LogP contribution is -3.09. The Bertz CT molecular complexity index is 1000. The number of rotatable bonds is 6. The fraction of sp³-hybridized carbons (Fsp3) is 0.350. The zero-order valence-corrected chi connectivity index (χ0v) is 16.5. The normalized spacial score (nSPS) is 19.1. The van der Waals surface area contributed by atoms with E-state index in [0.717, 1.165) is 25.1 Å². The van der Waals surface area contributed by atoms with Crippen molar-refractivity contribution in [3.05, 3.63) is 64.7 Å². The van der Waals surface area contributed by atoms with Crippen molar-refractivity contribution in [2.75, 3.05) is 13.2 Å². The molecule has 146 valence electrons. The Morgan fingerprint density at radius 3 is 2.79 bits per heavy atom. The van der Waals surface area contributed by atoms with Crippen molar-refractivity contribution in [3.8, 4) is 11.4 Å². The number of halogens is 1. The van der Waals surface area contributed by atoms with E-state index in [9.17, 15) is 4.39 Å². The molecular formula is C20H23FN5OS+. The average molecular weight is 401 g/mol. The van der Waals surface area contributed by atoms with Crippen molar-refractivity contribution in [2.45, 2.75) is 32.5 Å². The van der Waals surface area contributed by atoms with Gasteiger partial charge in [0.25, 0.3) is 0 Å². The Labute approximate surface area is 168 Å². The van der Waals surface area contributed by atoms with E-state index in [2.05, 4.69) is 22.6 Å². The van der Waals surface area contributed by atoms with E-state index < -0.39 is 0 Å². The summed E-state index contributed by atoms with van der Waals surface area (Å²) < 4.78 is 22.8. The van der Waals surface area contributed by atoms with Crippen molar-refractivity contribution < 1.29 is 14.0 Å². The summed E-state index contributed by atoms with van der Waals surface area (Å²) in [5.41, 5.74) is 1.87. The van der Waals surface area contributed by atoms with Crippen LogP contribution in [0.2, 0.25) is 0 Å². The summed E-state index contributed by atoms with van der Waals surface area (Å²) in [6.07, 6.45) is 2.27. The number of nitrogens with one attached hydrogen (secondary N) is 1. The van der Waals surface area contributed by atoms with Gasteiger partial charge in [-0.1, -0.05) is 6.07 Å². The molecule has 2 heterocycles. The molecule has 2 aromatic carbocycles. The highest BCUT2D eigenvalue weighted by molar-refractivity contribution is 7.71. The van der Waals surface area contributed by atoms with E-state index >= 15 is 0 Å². The van der Waals surface area contributed by atoms with Gasteiger partial charge in [0.15, 0.2) is 6.67 Å². The Morgan fingerprint density at radius 2 is 2.04 bits per heavy atom. The fourth-order valence-electron chi connectivity index (χ4n) is 3.80. The molecule has 6 nitrogen and oxygen atoms in total. The summed E-state index contributed by atoms with van der Waals surface area (Å²) in [4.78, 5) is 1.39. The first-order valence-electron chi connectivity index (χ1n) is 9.52. The van der Waals surface area contributed by atoms with Gasteiger partial charge in [-0.25, -0.2) is 4.39 Å². The van der Waals surface area contributed by atoms with Crippen LogP contribution in [0.3, 0.4) is 0 Å². The van der Waals surface area contributed by atoms with Crippen molar-refractivity contribution in [1.29, 1.82) is 0 Å². The van der Waals surface area contributed by atoms with Crippen LogP contribution in [0.15, 0.2) is 48.5 Å². The third-order valence-corrected chi connectivity index (χ3v) is 5.51. The number of quaternary nitrogens is 1. The van der Waals surface area contributed by atoms with Crippen LogP contribution in [-0.2, 0) is 6.67 Å². The Morgan fingerprint density at radius 1 is 1.21 bits per heavy atom. The molecule has 2 atom stereocenters. The fourth-order valence-corrected chi connectivity index (χ4v) is 4.04. The summed E-state index contributed by atoms with van der Waals surface area (Å²) in [6.45, 7) is 4.33. The van der Waals surface area contributed by atoms with Gasteiger partial charge in [0.1, 0.15) is 17.6 Å². The third-order valence-electron chi connectivity index (χ3n) is 5.12. The summed E-state index contributed by atoms with van der Waals surface area (Å²) >= 11 is 5.54. The highest BCUT2D eigenvalue weighted by Gasteiger charge is 2.30. The predicted octanol–water partition coefficient (Wildman–Crippen LogP) is 2.71. The second-order valence-corrected chi connectivity index (χ2v) is 7.28. The molecule has 0 aliphatic carbocycles. The molecule has 0 spiro atoms. The van der Waals surface area contributed by atoms with E-state index in [-0.39, 0.29) is 5.82 Å². The van der Waals surface area contributed by atoms with Crippen molar-refractivity contribution in [3.63, 3.8) is 0 Å². The minimum absolute atomic E-state index is 0.324. The third kappa shape index (κ3) is 3.83. The molecule has 1 saturated heterocycles. The molecule has 1 aliphatic heterocycles. The standard InChI is InChI=1S/C20H22FN5OS/c1-2-27-18-10-8-15(9-11-18)19-7-4-12-24(19)14-25-20(28)26(23-22-25)17-6-3-5-16(21)13-17/h3,5-6,8-11,13,19H,2,4,7,12,14H2,1H3/p+1/t19-/m0/s1. The second kappa shape index (κ2) is 8.20. The number of likely N-dealkylation sites (tertiary alicyclic amines) is 1. The first-order chi connectivity index (χ1) is 13.7. The molecule has 1 aliphatic rings. The molecule has 1 N–H and O–H groups in total. The minimum atomic E-state index is -0.324. The molecule has 3 aromatic rings. The van der Waals surface area contributed by atoms with Crippen LogP contribution in [0.25, 0.3) is 5.69 Å². The Hall–Kier alpha value is -2.58. The Kier molecular flexibility index (Phi) is 5.50. The van der Waals surface area contributed by atoms with Crippen LogP contribution >= 0.6 is 12.2 Å². The lowest BCUT2D eigenvalue weighted by Gasteiger charge is -2.21. The van der Waals surface area contributed by atoms with Crippen LogP contribution in [-0.4, -0.2) is 32.9 Å². The summed E-state index contributed by atoms with van der Waals surface area (Å²) in [5, 5.41) is 8.34. The molecule has 1 aromatic heterocycles. The van der Waals surface area contributed by atoms with Gasteiger partial charge in [0, 0.05) is 18.4 Å². The van der Waals surface area contributed by atoms with Gasteiger partial charge in [-0.2, -0.15) is 9.36 Å². The van der Waals surface area contributed by atoms with Crippen LogP contribution in [0.5, 0.6) is 5.75 Å². The van der Waals surface area contributed by atoms with Crippen LogP contribution in [0.4, 0.5) is 4.39 Å². The summed E-state index contributed by atoms with van der Waals surface area (Å²) in [6, 6.07) is 14.9. The number of nitrogens with zero attached hydrogens (tertiary/aromatic N) is 4. The molecule has 0 radical (unpaired) electrons. The molecule has 4 rings (SSSR count). The van der Waals surface area contributed by atoms with Crippen LogP contribution < -0.4 is 9.64 Å². The molecule has 0 amide bonds. The highest BCUT2D eigenvalue weighted by atomic mass is 32.1. The number of hydrogen-bond acceptors (Lipinski definition) is 4. The summed E-state index contributed by atoms with van der Waals surface area (Å²) in [5.74, 6) is 0.570. The molecule has 28 heavy (non-hydrogen) atoms. The number of tetrazole rings is 1. The molecule has 1 unspecified atom stereocenters. The number of hydrogen-bond donors (Lipinski definition) is 1. The van der Waals surface area contributed by atoms with Crippen molar-refractivity contribution in [1.82, 2.24) is 19.8 Å². The second-order valence-electron chi connectivity index (χ2n) is 6.92. The van der Waals surface area contributed by atoms with Gasteiger partial charge >= 0.3 is 0 Å². The average Bonchev–Trinajstić information content (AvgIpc) is 3.30. The van der Waals surface area contributed by atoms with Crippen molar-refractivity contribution >= 4 is 12.2 Å². The Balaban J connectivity index is 1.53. The first kappa shape index (κ1) is 18.8. The van der Waals surface area contributed by atoms with Crippen molar-refractivity contribution in [2.24, 2.45) is 0 Å². The lowest BCUT2D eigenvalue weighted by atomic mass is 10.0. The topological polar surface area (TPSA) is 49.3 Å².